The minimum Gasteiger partial charge on any atom is -0.511 e. The number of nitrogens with zero attached hydrogens (tertiary/aromatic N) is 3. The van der Waals surface area contributed by atoms with Crippen LogP contribution in [-0.4, -0.2) is 58.2 Å². The van der Waals surface area contributed by atoms with Gasteiger partial charge in [0.2, 0.25) is 11.7 Å². The SMILES string of the molecule is CCSC(C)CC1CC(=O)C(/C(CC)=N/OC/C=C/Cl)=C(O)C1.Cc1ccc(S(=O)(=O)Oc2c(C(=O)c3ccc(Cl)cc3Cl)c(C)nn2C)cc1. The Bertz CT molecular complexity index is 1910. The smallest absolute Gasteiger partial charge is 0.340 e. The summed E-state index contributed by atoms with van der Waals surface area (Å²) in [5.74, 6) is 0.686. The van der Waals surface area contributed by atoms with E-state index in [0.29, 0.717) is 46.5 Å². The van der Waals surface area contributed by atoms with Crippen molar-refractivity contribution in [3.05, 3.63) is 97.8 Å². The fourth-order valence-electron chi connectivity index (χ4n) is 5.43. The quantitative estimate of drug-likeness (QED) is 0.0557. The van der Waals surface area contributed by atoms with Gasteiger partial charge in [0.1, 0.15) is 22.8 Å². The van der Waals surface area contributed by atoms with Gasteiger partial charge >= 0.3 is 10.1 Å². The molecule has 2 atom stereocenters. The zero-order valence-electron chi connectivity index (χ0n) is 29.3. The van der Waals surface area contributed by atoms with E-state index in [9.17, 15) is 23.1 Å². The zero-order valence-corrected chi connectivity index (χ0v) is 33.2. The number of aliphatic hydroxyl groups is 1. The highest BCUT2D eigenvalue weighted by Gasteiger charge is 2.31. The van der Waals surface area contributed by atoms with E-state index in [4.69, 9.17) is 43.8 Å². The lowest BCUT2D eigenvalue weighted by Crippen LogP contribution is -2.26. The molecule has 0 fully saturated rings. The van der Waals surface area contributed by atoms with Crippen LogP contribution in [0.15, 0.2) is 75.5 Å². The summed E-state index contributed by atoms with van der Waals surface area (Å²) in [5.41, 5.74) is 3.60. The van der Waals surface area contributed by atoms with E-state index < -0.39 is 15.9 Å². The Labute approximate surface area is 318 Å². The summed E-state index contributed by atoms with van der Waals surface area (Å²) >= 11 is 19.3. The second-order valence-electron chi connectivity index (χ2n) is 11.8. The second-order valence-corrected chi connectivity index (χ2v) is 16.1. The van der Waals surface area contributed by atoms with E-state index in [0.717, 1.165) is 17.7 Å². The van der Waals surface area contributed by atoms with Crippen LogP contribution in [0, 0.1) is 19.8 Å². The van der Waals surface area contributed by atoms with Crippen molar-refractivity contribution in [1.82, 2.24) is 9.78 Å². The lowest BCUT2D eigenvalue weighted by Gasteiger charge is -2.25. The molecule has 10 nitrogen and oxygen atoms in total. The van der Waals surface area contributed by atoms with Gasteiger partial charge in [-0.05, 0) is 74.8 Å². The van der Waals surface area contributed by atoms with Crippen molar-refractivity contribution in [2.75, 3.05) is 12.4 Å². The fraction of sp³-hybridized carbons (Fsp3) is 0.389. The third kappa shape index (κ3) is 11.6. The number of ketones is 2. The summed E-state index contributed by atoms with van der Waals surface area (Å²) in [6, 6.07) is 10.6. The first-order chi connectivity index (χ1) is 24.1. The second kappa shape index (κ2) is 19.5. The van der Waals surface area contributed by atoms with E-state index in [1.54, 1.807) is 25.1 Å². The Morgan fingerprint density at radius 3 is 2.43 bits per heavy atom. The number of Topliss-reactive ketones (excluding diaryl/α,β-unsaturated/α-hetero) is 1. The average molecular weight is 799 g/mol. The van der Waals surface area contributed by atoms with Crippen LogP contribution in [0.4, 0.5) is 0 Å². The van der Waals surface area contributed by atoms with E-state index in [1.165, 1.54) is 47.6 Å². The lowest BCUT2D eigenvalue weighted by atomic mass is 9.82. The number of aryl methyl sites for hydroxylation is 3. The molecule has 0 aliphatic heterocycles. The number of benzene rings is 2. The van der Waals surface area contributed by atoms with Crippen LogP contribution in [0.1, 0.15) is 73.6 Å². The maximum atomic E-state index is 13.0. The van der Waals surface area contributed by atoms with Crippen molar-refractivity contribution >= 4 is 74.0 Å². The van der Waals surface area contributed by atoms with Gasteiger partial charge in [-0.15, -0.1) is 0 Å². The number of rotatable bonds is 14. The molecule has 1 heterocycles. The van der Waals surface area contributed by atoms with Crippen molar-refractivity contribution in [2.45, 2.75) is 70.4 Å². The zero-order chi connectivity index (χ0) is 37.9. The topological polar surface area (TPSA) is 137 Å². The molecule has 1 aliphatic rings. The molecule has 2 unspecified atom stereocenters. The number of aromatic nitrogens is 2. The highest BCUT2D eigenvalue weighted by molar-refractivity contribution is 7.99. The summed E-state index contributed by atoms with van der Waals surface area (Å²) in [5, 5.41) is 19.5. The first kappa shape index (κ1) is 42.1. The van der Waals surface area contributed by atoms with Crippen molar-refractivity contribution in [3.8, 4) is 5.88 Å². The molecule has 15 heteroatoms. The first-order valence-electron chi connectivity index (χ1n) is 16.2. The molecule has 0 saturated carbocycles. The maximum absolute atomic E-state index is 13.0. The van der Waals surface area contributed by atoms with Crippen LogP contribution in [0.3, 0.4) is 0 Å². The predicted molar refractivity (Wildman–Crippen MR) is 205 cm³/mol. The van der Waals surface area contributed by atoms with Gasteiger partial charge in [0.15, 0.2) is 5.78 Å². The monoisotopic (exact) mass is 797 g/mol. The summed E-state index contributed by atoms with van der Waals surface area (Å²) in [4.78, 5) is 30.6. The average Bonchev–Trinajstić information content (AvgIpc) is 3.33. The summed E-state index contributed by atoms with van der Waals surface area (Å²) in [6.45, 7) is 9.86. The molecular weight excluding hydrogens is 757 g/mol. The molecule has 3 aromatic rings. The number of hydrogen-bond acceptors (Lipinski definition) is 10. The Kier molecular flexibility index (Phi) is 16.1. The van der Waals surface area contributed by atoms with Crippen LogP contribution >= 0.6 is 46.6 Å². The van der Waals surface area contributed by atoms with Crippen LogP contribution in [0.5, 0.6) is 5.88 Å². The fourth-order valence-corrected chi connectivity index (χ4v) is 7.94. The van der Waals surface area contributed by atoms with Gasteiger partial charge in [-0.2, -0.15) is 25.3 Å². The number of oxime groups is 1. The summed E-state index contributed by atoms with van der Waals surface area (Å²) < 4.78 is 31.9. The van der Waals surface area contributed by atoms with Gasteiger partial charge < -0.3 is 14.1 Å². The molecule has 1 aromatic heterocycles. The van der Waals surface area contributed by atoms with Gasteiger partial charge in [-0.25, -0.2) is 4.68 Å². The minimum absolute atomic E-state index is 0.0161. The van der Waals surface area contributed by atoms with Gasteiger partial charge in [0, 0.05) is 41.3 Å². The number of hydrogen-bond donors (Lipinski definition) is 1. The number of carbonyl (C=O) groups excluding carboxylic acids is 2. The molecular formula is C36H42Cl3N3O7S2. The highest BCUT2D eigenvalue weighted by atomic mass is 35.5. The Morgan fingerprint density at radius 1 is 1.16 bits per heavy atom. The minimum atomic E-state index is -4.16. The van der Waals surface area contributed by atoms with Crippen molar-refractivity contribution < 1.29 is 32.1 Å². The van der Waals surface area contributed by atoms with Crippen molar-refractivity contribution in [3.63, 3.8) is 0 Å². The molecule has 1 N–H and O–H groups in total. The number of aliphatic hydroxyl groups excluding tert-OH is 1. The maximum Gasteiger partial charge on any atom is 0.340 e. The van der Waals surface area contributed by atoms with E-state index in [1.807, 2.05) is 25.6 Å². The van der Waals surface area contributed by atoms with Crippen LogP contribution in [-0.2, 0) is 26.8 Å². The van der Waals surface area contributed by atoms with Crippen molar-refractivity contribution in [2.24, 2.45) is 18.1 Å². The van der Waals surface area contributed by atoms with Crippen LogP contribution in [0.2, 0.25) is 10.0 Å². The van der Waals surface area contributed by atoms with Gasteiger partial charge in [0.25, 0.3) is 0 Å². The number of halogens is 3. The third-order valence-electron chi connectivity index (χ3n) is 7.77. The highest BCUT2D eigenvalue weighted by Crippen LogP contribution is 2.33. The number of thioether (sulfide) groups is 1. The molecule has 0 saturated heterocycles. The molecule has 0 spiro atoms. The van der Waals surface area contributed by atoms with Crippen molar-refractivity contribution in [1.29, 1.82) is 0 Å². The molecule has 276 valence electrons. The van der Waals surface area contributed by atoms with E-state index in [-0.39, 0.29) is 51.0 Å². The lowest BCUT2D eigenvalue weighted by molar-refractivity contribution is -0.116. The molecule has 1 aliphatic carbocycles. The standard InChI is InChI=1S/C19H16Cl2N2O4S.C17H26ClNO3S/c1-11-4-7-14(8-5-11)28(25,26)27-19-17(12(2)22-23(19)3)18(24)15-9-6-13(20)10-16(15)21;1-4-14(19-22-8-6-7-18)17-15(20)10-13(11-16(17)21)9-12(3)23-5-2/h4-10H,1-3H3;6-7,12-13,20H,4-5,8-11H2,1-3H3/b;7-6+,19-14+. The normalized spacial score (nSPS) is 15.8. The largest absolute Gasteiger partial charge is 0.511 e. The van der Waals surface area contributed by atoms with Gasteiger partial charge in [-0.1, -0.05) is 78.4 Å². The number of allylic oxidation sites excluding steroid dienone is 2. The Hall–Kier alpha value is -3.29. The third-order valence-corrected chi connectivity index (χ3v) is 10.8. The summed E-state index contributed by atoms with van der Waals surface area (Å²) in [7, 11) is -2.67. The van der Waals surface area contributed by atoms with Gasteiger partial charge in [-0.3, -0.25) is 9.59 Å². The Morgan fingerprint density at radius 2 is 1.84 bits per heavy atom. The first-order valence-corrected chi connectivity index (χ1v) is 19.8. The van der Waals surface area contributed by atoms with E-state index >= 15 is 0 Å². The number of carbonyl (C=O) groups is 2. The molecule has 0 radical (unpaired) electrons. The Balaban J connectivity index is 0.000000282. The van der Waals surface area contributed by atoms with Crippen LogP contribution < -0.4 is 4.18 Å². The van der Waals surface area contributed by atoms with Crippen LogP contribution in [0.25, 0.3) is 0 Å². The molecule has 51 heavy (non-hydrogen) atoms. The summed E-state index contributed by atoms with van der Waals surface area (Å²) in [6.07, 6.45) is 4.09. The molecule has 4 rings (SSSR count). The predicted octanol–water partition coefficient (Wildman–Crippen LogP) is 9.19. The van der Waals surface area contributed by atoms with E-state index in [2.05, 4.69) is 24.1 Å². The van der Waals surface area contributed by atoms with Gasteiger partial charge in [0.05, 0.1) is 22.0 Å². The molecule has 0 bridgehead atoms. The molecule has 2 aromatic carbocycles. The molecule has 0 amide bonds.